The van der Waals surface area contributed by atoms with E-state index in [2.05, 4.69) is 9.50 Å². The predicted molar refractivity (Wildman–Crippen MR) is 113 cm³/mol. The molecule has 186 valence electrons. The van der Waals surface area contributed by atoms with Crippen molar-refractivity contribution in [2.24, 2.45) is 11.4 Å². The zero-order valence-electron chi connectivity index (χ0n) is 18.5. The molecule has 1 aromatic heterocycles. The zero-order chi connectivity index (χ0) is 25.7. The number of alkyl halides is 7. The third kappa shape index (κ3) is 5.08. The molecule has 1 amide bonds. The summed E-state index contributed by atoms with van der Waals surface area (Å²) in [5.41, 5.74) is -1.75. The fourth-order valence-corrected chi connectivity index (χ4v) is 4.56. The van der Waals surface area contributed by atoms with E-state index in [1.807, 2.05) is 0 Å². The van der Waals surface area contributed by atoms with Crippen LogP contribution in [0.5, 0.6) is 0 Å². The summed E-state index contributed by atoms with van der Waals surface area (Å²) >= 11 is 0.294. The fraction of sp³-hybridized carbons (Fsp3) is 0.476. The number of aryl methyl sites for hydroxylation is 2. The lowest BCUT2D eigenvalue weighted by molar-refractivity contribution is -0.161. The molecule has 1 aromatic carbocycles. The molecule has 0 saturated heterocycles. The molecule has 2 aromatic rings. The Morgan fingerprint density at radius 2 is 1.79 bits per heavy atom. The second kappa shape index (κ2) is 8.58. The van der Waals surface area contributed by atoms with Crippen LogP contribution >= 0.6 is 11.9 Å². The Kier molecular flexibility index (Phi) is 6.57. The molecule has 1 aliphatic rings. The molecule has 0 saturated carbocycles. The van der Waals surface area contributed by atoms with Crippen LogP contribution in [0, 0.1) is 6.92 Å². The monoisotopic (exact) mass is 510 g/mol. The van der Waals surface area contributed by atoms with E-state index in [1.54, 1.807) is 5.32 Å². The van der Waals surface area contributed by atoms with Crippen LogP contribution in [0.3, 0.4) is 0 Å². The van der Waals surface area contributed by atoms with Crippen molar-refractivity contribution in [1.29, 1.82) is 0 Å². The van der Waals surface area contributed by atoms with Crippen molar-refractivity contribution in [2.75, 3.05) is 6.54 Å². The molecule has 1 aliphatic heterocycles. The minimum atomic E-state index is -4.76. The molecule has 0 fully saturated rings. The minimum absolute atomic E-state index is 0.0391. The standard InChI is InChI=1S/C21H21F7N4OS/c1-11-7-12(5-6-13(11)17(33)29-10-20(23,24)25)14-9-19(34-31-14,21(26,27)28)16-8-15(18(2,3)22)30-32(16)4/h5-8H,9-10H2,1-4H3,(H,29,33). The molecule has 1 N–H and O–H groups in total. The number of rotatable bonds is 5. The van der Waals surface area contributed by atoms with Gasteiger partial charge in [-0.25, -0.2) is 8.79 Å². The number of carbonyl (C=O) groups excluding carboxylic acids is 1. The van der Waals surface area contributed by atoms with E-state index in [9.17, 15) is 35.5 Å². The van der Waals surface area contributed by atoms with Crippen LogP contribution in [0.25, 0.3) is 0 Å². The summed E-state index contributed by atoms with van der Waals surface area (Å²) in [6, 6.07) is 5.05. The summed E-state index contributed by atoms with van der Waals surface area (Å²) in [5, 5.41) is 5.67. The third-order valence-corrected chi connectivity index (χ3v) is 6.55. The van der Waals surface area contributed by atoms with E-state index < -0.39 is 41.6 Å². The molecule has 34 heavy (non-hydrogen) atoms. The highest BCUT2D eigenvalue weighted by Crippen LogP contribution is 2.56. The molecule has 0 radical (unpaired) electrons. The van der Waals surface area contributed by atoms with Gasteiger partial charge in [-0.2, -0.15) is 31.4 Å². The molecule has 2 heterocycles. The van der Waals surface area contributed by atoms with Gasteiger partial charge >= 0.3 is 12.4 Å². The van der Waals surface area contributed by atoms with Gasteiger partial charge in [0.25, 0.3) is 5.91 Å². The SMILES string of the molecule is Cc1cc(C2=NSC(c3cc(C(C)(C)F)nn3C)(C(F)(F)F)C2)ccc1C(=O)NCC(F)(F)F. The van der Waals surface area contributed by atoms with Gasteiger partial charge in [0.1, 0.15) is 12.2 Å². The number of carbonyl (C=O) groups is 1. The van der Waals surface area contributed by atoms with Crippen molar-refractivity contribution in [1.82, 2.24) is 15.1 Å². The highest BCUT2D eigenvalue weighted by atomic mass is 32.2. The van der Waals surface area contributed by atoms with Crippen molar-refractivity contribution in [2.45, 2.75) is 50.0 Å². The van der Waals surface area contributed by atoms with Gasteiger partial charge in [-0.15, -0.1) is 0 Å². The first-order valence-corrected chi connectivity index (χ1v) is 10.7. The molecule has 3 rings (SSSR count). The topological polar surface area (TPSA) is 59.3 Å². The van der Waals surface area contributed by atoms with Crippen LogP contribution in [0.1, 0.15) is 53.1 Å². The van der Waals surface area contributed by atoms with Crippen LogP contribution in [-0.4, -0.2) is 40.3 Å². The Morgan fingerprint density at radius 3 is 2.29 bits per heavy atom. The van der Waals surface area contributed by atoms with Crippen molar-refractivity contribution in [3.8, 4) is 0 Å². The minimum Gasteiger partial charge on any atom is -0.343 e. The molecule has 1 atom stereocenters. The average molecular weight is 510 g/mol. The van der Waals surface area contributed by atoms with E-state index in [0.717, 1.165) is 10.7 Å². The quantitative estimate of drug-likeness (QED) is 0.426. The molecular formula is C21H21F7N4OS. The summed E-state index contributed by atoms with van der Waals surface area (Å²) < 4.78 is 96.9. The molecule has 0 aliphatic carbocycles. The smallest absolute Gasteiger partial charge is 0.343 e. The normalized spacial score (nSPS) is 19.3. The number of benzene rings is 1. The first-order valence-electron chi connectivity index (χ1n) is 9.96. The molecular weight excluding hydrogens is 489 g/mol. The zero-order valence-corrected chi connectivity index (χ0v) is 19.3. The fourth-order valence-electron chi connectivity index (χ4n) is 3.53. The van der Waals surface area contributed by atoms with Crippen LogP contribution in [0.4, 0.5) is 30.7 Å². The second-order valence-electron chi connectivity index (χ2n) is 8.47. The molecule has 1 unspecified atom stereocenters. The summed E-state index contributed by atoms with van der Waals surface area (Å²) in [6.07, 6.45) is -9.92. The van der Waals surface area contributed by atoms with Crippen LogP contribution < -0.4 is 5.32 Å². The van der Waals surface area contributed by atoms with E-state index >= 15 is 0 Å². The van der Waals surface area contributed by atoms with Gasteiger partial charge in [-0.3, -0.25) is 9.48 Å². The molecule has 0 bridgehead atoms. The number of nitrogens with one attached hydrogen (secondary N) is 1. The maximum atomic E-state index is 14.3. The summed E-state index contributed by atoms with van der Waals surface area (Å²) in [6.45, 7) is 2.34. The van der Waals surface area contributed by atoms with Crippen molar-refractivity contribution >= 4 is 23.6 Å². The largest absolute Gasteiger partial charge is 0.410 e. The van der Waals surface area contributed by atoms with Crippen molar-refractivity contribution < 1.29 is 35.5 Å². The first kappa shape index (κ1) is 26.0. The van der Waals surface area contributed by atoms with Crippen LogP contribution in [0.15, 0.2) is 28.7 Å². The number of amides is 1. The lowest BCUT2D eigenvalue weighted by Crippen LogP contribution is -2.40. The van der Waals surface area contributed by atoms with Gasteiger partial charge in [0.05, 0.1) is 17.1 Å². The van der Waals surface area contributed by atoms with E-state index in [1.165, 1.54) is 46.0 Å². The summed E-state index contributed by atoms with van der Waals surface area (Å²) in [4.78, 5) is 12.1. The highest BCUT2D eigenvalue weighted by molar-refractivity contribution is 7.99. The highest BCUT2D eigenvalue weighted by Gasteiger charge is 2.62. The van der Waals surface area contributed by atoms with Crippen molar-refractivity contribution in [3.05, 3.63) is 52.3 Å². The number of hydrogen-bond donors (Lipinski definition) is 1. The van der Waals surface area contributed by atoms with Gasteiger partial charge < -0.3 is 5.32 Å². The Morgan fingerprint density at radius 1 is 1.15 bits per heavy atom. The number of nitrogens with zero attached hydrogens (tertiary/aromatic N) is 3. The maximum absolute atomic E-state index is 14.3. The summed E-state index contributed by atoms with van der Waals surface area (Å²) in [7, 11) is 1.30. The Labute approximate surface area is 194 Å². The molecule has 0 spiro atoms. The Hall–Kier alpha value is -2.57. The van der Waals surface area contributed by atoms with Gasteiger partial charge in [-0.1, -0.05) is 6.07 Å². The van der Waals surface area contributed by atoms with E-state index in [4.69, 9.17) is 0 Å². The number of hydrogen-bond acceptors (Lipinski definition) is 4. The lowest BCUT2D eigenvalue weighted by atomic mass is 9.91. The second-order valence-corrected chi connectivity index (χ2v) is 9.53. The van der Waals surface area contributed by atoms with Gasteiger partial charge in [0.2, 0.25) is 0 Å². The number of halogens is 7. The van der Waals surface area contributed by atoms with Gasteiger partial charge in [0, 0.05) is 19.0 Å². The van der Waals surface area contributed by atoms with Crippen molar-refractivity contribution in [3.63, 3.8) is 0 Å². The van der Waals surface area contributed by atoms with Gasteiger partial charge in [0.15, 0.2) is 4.75 Å². The first-order chi connectivity index (χ1) is 15.4. The predicted octanol–water partition coefficient (Wildman–Crippen LogP) is 5.52. The Bertz CT molecular complexity index is 1130. The van der Waals surface area contributed by atoms with E-state index in [0.29, 0.717) is 11.9 Å². The Balaban J connectivity index is 1.91. The van der Waals surface area contributed by atoms with Crippen LogP contribution in [-0.2, 0) is 17.5 Å². The number of aromatic nitrogens is 2. The average Bonchev–Trinajstić information content (AvgIpc) is 3.29. The summed E-state index contributed by atoms with van der Waals surface area (Å²) in [5.74, 6) is -0.954. The van der Waals surface area contributed by atoms with Crippen LogP contribution in [0.2, 0.25) is 0 Å². The molecule has 5 nitrogen and oxygen atoms in total. The molecule has 13 heteroatoms. The maximum Gasteiger partial charge on any atom is 0.410 e. The lowest BCUT2D eigenvalue weighted by Gasteiger charge is -2.29. The third-order valence-electron chi connectivity index (χ3n) is 5.34. The van der Waals surface area contributed by atoms with E-state index in [-0.39, 0.29) is 33.8 Å². The van der Waals surface area contributed by atoms with Gasteiger partial charge in [-0.05, 0) is 62.0 Å².